The predicted molar refractivity (Wildman–Crippen MR) is 122 cm³/mol. The Kier molecular flexibility index (Phi) is 5.68. The van der Waals surface area contributed by atoms with Crippen molar-refractivity contribution in [2.45, 2.75) is 26.7 Å². The van der Waals surface area contributed by atoms with Crippen LogP contribution < -0.4 is 5.32 Å². The SMILES string of the molecule is CN/C(=N\c1ccc(-c2ccc3nc(C)c(C)n3c2)cc1C=O)C1CCN(C)CC1. The first-order chi connectivity index (χ1) is 14.5. The number of rotatable bonds is 4. The molecule has 6 heteroatoms. The Hall–Kier alpha value is -2.99. The Morgan fingerprint density at radius 3 is 2.60 bits per heavy atom. The van der Waals surface area contributed by atoms with Gasteiger partial charge in [0.25, 0.3) is 0 Å². The van der Waals surface area contributed by atoms with E-state index in [1.807, 2.05) is 44.3 Å². The van der Waals surface area contributed by atoms with Gasteiger partial charge in [-0.15, -0.1) is 0 Å². The van der Waals surface area contributed by atoms with Crippen molar-refractivity contribution in [2.75, 3.05) is 27.2 Å². The van der Waals surface area contributed by atoms with E-state index in [1.54, 1.807) is 0 Å². The van der Waals surface area contributed by atoms with Crippen LogP contribution in [-0.2, 0) is 0 Å². The largest absolute Gasteiger partial charge is 0.376 e. The highest BCUT2D eigenvalue weighted by molar-refractivity contribution is 5.92. The highest BCUT2D eigenvalue weighted by Crippen LogP contribution is 2.28. The molecule has 0 amide bonds. The van der Waals surface area contributed by atoms with Crippen LogP contribution in [0.5, 0.6) is 0 Å². The van der Waals surface area contributed by atoms with E-state index in [1.165, 1.54) is 0 Å². The fourth-order valence-electron chi connectivity index (χ4n) is 4.14. The van der Waals surface area contributed by atoms with E-state index < -0.39 is 0 Å². The summed E-state index contributed by atoms with van der Waals surface area (Å²) < 4.78 is 2.09. The van der Waals surface area contributed by atoms with E-state index >= 15 is 0 Å². The molecule has 1 aliphatic rings. The van der Waals surface area contributed by atoms with E-state index in [0.29, 0.717) is 17.2 Å². The van der Waals surface area contributed by atoms with Gasteiger partial charge < -0.3 is 14.6 Å². The Morgan fingerprint density at radius 2 is 1.90 bits per heavy atom. The molecule has 0 atom stereocenters. The molecule has 1 aromatic carbocycles. The standard InChI is InChI=1S/C24H29N5O/c1-16-17(2)29-14-20(6-8-23(29)26-16)19-5-7-22(21(13-19)15-30)27-24(25-3)18-9-11-28(4)12-10-18/h5-8,13-15,18H,9-12H2,1-4H3,(H,25,27). The number of hydrogen-bond acceptors (Lipinski definition) is 4. The summed E-state index contributed by atoms with van der Waals surface area (Å²) in [6, 6.07) is 9.97. The number of aromatic nitrogens is 2. The van der Waals surface area contributed by atoms with Crippen LogP contribution >= 0.6 is 0 Å². The average Bonchev–Trinajstić information content (AvgIpc) is 3.06. The Bertz CT molecular complexity index is 1110. The zero-order valence-electron chi connectivity index (χ0n) is 18.1. The minimum atomic E-state index is 0.403. The van der Waals surface area contributed by atoms with Crippen LogP contribution in [0.2, 0.25) is 0 Å². The number of imidazole rings is 1. The maximum Gasteiger partial charge on any atom is 0.152 e. The number of fused-ring (bicyclic) bond motifs is 1. The van der Waals surface area contributed by atoms with Gasteiger partial charge in [-0.25, -0.2) is 9.98 Å². The minimum absolute atomic E-state index is 0.403. The van der Waals surface area contributed by atoms with Crippen molar-refractivity contribution in [3.63, 3.8) is 0 Å². The quantitative estimate of drug-likeness (QED) is 0.406. The number of pyridine rings is 1. The zero-order chi connectivity index (χ0) is 21.3. The van der Waals surface area contributed by atoms with Gasteiger partial charge in [0.2, 0.25) is 0 Å². The Morgan fingerprint density at radius 1 is 1.17 bits per heavy atom. The molecule has 1 saturated heterocycles. The van der Waals surface area contributed by atoms with Crippen LogP contribution in [0, 0.1) is 19.8 Å². The van der Waals surface area contributed by atoms with Crippen LogP contribution in [0.1, 0.15) is 34.6 Å². The minimum Gasteiger partial charge on any atom is -0.376 e. The van der Waals surface area contributed by atoms with Gasteiger partial charge in [0.05, 0.1) is 11.4 Å². The van der Waals surface area contributed by atoms with E-state index in [2.05, 4.69) is 39.8 Å². The fourth-order valence-corrected chi connectivity index (χ4v) is 4.14. The summed E-state index contributed by atoms with van der Waals surface area (Å²) >= 11 is 0. The maximum atomic E-state index is 11.9. The van der Waals surface area contributed by atoms with Crippen molar-refractivity contribution in [3.8, 4) is 11.1 Å². The summed E-state index contributed by atoms with van der Waals surface area (Å²) in [5.41, 5.74) is 6.45. The molecule has 2 aromatic heterocycles. The molecule has 0 radical (unpaired) electrons. The van der Waals surface area contributed by atoms with Crippen LogP contribution in [0.25, 0.3) is 16.8 Å². The third kappa shape index (κ3) is 3.87. The second kappa shape index (κ2) is 8.40. The number of amidine groups is 1. The van der Waals surface area contributed by atoms with Crippen LogP contribution in [0.3, 0.4) is 0 Å². The van der Waals surface area contributed by atoms with Gasteiger partial charge in [-0.2, -0.15) is 0 Å². The summed E-state index contributed by atoms with van der Waals surface area (Å²) in [5.74, 6) is 1.37. The third-order valence-corrected chi connectivity index (χ3v) is 6.18. The van der Waals surface area contributed by atoms with Crippen LogP contribution in [-0.4, -0.2) is 53.6 Å². The van der Waals surface area contributed by atoms with E-state index in [-0.39, 0.29) is 0 Å². The first-order valence-corrected chi connectivity index (χ1v) is 10.5. The lowest BCUT2D eigenvalue weighted by molar-refractivity contribution is 0.112. The number of likely N-dealkylation sites (tertiary alicyclic amines) is 1. The molecule has 0 saturated carbocycles. The van der Waals surface area contributed by atoms with Crippen LogP contribution in [0.4, 0.5) is 5.69 Å². The van der Waals surface area contributed by atoms with E-state index in [9.17, 15) is 4.79 Å². The fraction of sp³-hybridized carbons (Fsp3) is 0.375. The van der Waals surface area contributed by atoms with Crippen molar-refractivity contribution >= 4 is 23.5 Å². The molecule has 3 aromatic rings. The second-order valence-corrected chi connectivity index (χ2v) is 8.14. The first-order valence-electron chi connectivity index (χ1n) is 10.5. The highest BCUT2D eigenvalue weighted by Gasteiger charge is 2.21. The van der Waals surface area contributed by atoms with Crippen molar-refractivity contribution in [1.82, 2.24) is 19.6 Å². The normalized spacial score (nSPS) is 16.2. The number of benzene rings is 1. The molecule has 30 heavy (non-hydrogen) atoms. The number of aryl methyl sites for hydroxylation is 2. The van der Waals surface area contributed by atoms with E-state index in [0.717, 1.165) is 66.2 Å². The van der Waals surface area contributed by atoms with Crippen molar-refractivity contribution in [1.29, 1.82) is 0 Å². The van der Waals surface area contributed by atoms with Crippen molar-refractivity contribution < 1.29 is 4.79 Å². The van der Waals surface area contributed by atoms with Crippen LogP contribution in [0.15, 0.2) is 41.5 Å². The zero-order valence-corrected chi connectivity index (χ0v) is 18.1. The van der Waals surface area contributed by atoms with Gasteiger partial charge in [0.15, 0.2) is 6.29 Å². The maximum absolute atomic E-state index is 11.9. The molecule has 0 spiro atoms. The molecule has 156 valence electrons. The average molecular weight is 404 g/mol. The monoisotopic (exact) mass is 403 g/mol. The number of carbonyl (C=O) groups excluding carboxylic acids is 1. The highest BCUT2D eigenvalue weighted by atomic mass is 16.1. The topological polar surface area (TPSA) is 62.0 Å². The molecule has 1 aliphatic heterocycles. The molecule has 0 unspecified atom stereocenters. The number of nitrogens with one attached hydrogen (secondary N) is 1. The lowest BCUT2D eigenvalue weighted by atomic mass is 9.95. The van der Waals surface area contributed by atoms with Crippen molar-refractivity contribution in [3.05, 3.63) is 53.5 Å². The predicted octanol–water partition coefficient (Wildman–Crippen LogP) is 4.02. The van der Waals surface area contributed by atoms with Gasteiger partial charge in [-0.05, 0) is 82.2 Å². The summed E-state index contributed by atoms with van der Waals surface area (Å²) in [5, 5.41) is 3.27. The van der Waals surface area contributed by atoms with Gasteiger partial charge in [0, 0.05) is 30.4 Å². The number of piperidine rings is 1. The van der Waals surface area contributed by atoms with Gasteiger partial charge in [0.1, 0.15) is 11.5 Å². The first kappa shape index (κ1) is 20.3. The number of nitrogens with zero attached hydrogens (tertiary/aromatic N) is 4. The van der Waals surface area contributed by atoms with Gasteiger partial charge in [-0.3, -0.25) is 4.79 Å². The van der Waals surface area contributed by atoms with Crippen molar-refractivity contribution in [2.24, 2.45) is 10.9 Å². The molecule has 0 bridgehead atoms. The summed E-state index contributed by atoms with van der Waals surface area (Å²) in [7, 11) is 4.07. The summed E-state index contributed by atoms with van der Waals surface area (Å²) in [4.78, 5) is 23.6. The lowest BCUT2D eigenvalue weighted by Crippen LogP contribution is -2.37. The molecule has 3 heterocycles. The molecule has 6 nitrogen and oxygen atoms in total. The Balaban J connectivity index is 1.67. The van der Waals surface area contributed by atoms with E-state index in [4.69, 9.17) is 4.99 Å². The van der Waals surface area contributed by atoms with Gasteiger partial charge in [-0.1, -0.05) is 6.07 Å². The number of aldehydes is 1. The molecule has 4 rings (SSSR count). The number of aliphatic imine (C=N–C) groups is 1. The smallest absolute Gasteiger partial charge is 0.152 e. The Labute approximate surface area is 177 Å². The molecular formula is C24H29N5O. The lowest BCUT2D eigenvalue weighted by Gasteiger charge is -2.29. The summed E-state index contributed by atoms with van der Waals surface area (Å²) in [6.45, 7) is 6.22. The van der Waals surface area contributed by atoms with Gasteiger partial charge >= 0.3 is 0 Å². The third-order valence-electron chi connectivity index (χ3n) is 6.18. The molecule has 0 aliphatic carbocycles. The molecule has 1 fully saturated rings. The molecule has 1 N–H and O–H groups in total. The molecular weight excluding hydrogens is 374 g/mol. The second-order valence-electron chi connectivity index (χ2n) is 8.14. The number of hydrogen-bond donors (Lipinski definition) is 1. The number of carbonyl (C=O) groups is 1. The summed E-state index contributed by atoms with van der Waals surface area (Å²) in [6.07, 6.45) is 5.13.